The van der Waals surface area contributed by atoms with E-state index in [1.54, 1.807) is 6.92 Å². The fourth-order valence-electron chi connectivity index (χ4n) is 3.16. The van der Waals surface area contributed by atoms with Crippen LogP contribution in [0.5, 0.6) is 0 Å². The van der Waals surface area contributed by atoms with Gasteiger partial charge in [-0.2, -0.15) is 0 Å². The fourth-order valence-corrected chi connectivity index (χ4v) is 3.16. The van der Waals surface area contributed by atoms with Gasteiger partial charge in [0.05, 0.1) is 0 Å². The summed E-state index contributed by atoms with van der Waals surface area (Å²) in [6.07, 6.45) is 2.11. The molecule has 0 aliphatic carbocycles. The van der Waals surface area contributed by atoms with Crippen molar-refractivity contribution in [1.82, 2.24) is 10.2 Å². The van der Waals surface area contributed by atoms with Crippen LogP contribution in [-0.4, -0.2) is 29.9 Å². The van der Waals surface area contributed by atoms with Crippen molar-refractivity contribution in [1.29, 1.82) is 0 Å². The van der Waals surface area contributed by atoms with E-state index in [2.05, 4.69) is 10.6 Å². The third-order valence-electron chi connectivity index (χ3n) is 4.87. The number of hydrogen-bond acceptors (Lipinski definition) is 3. The minimum absolute atomic E-state index is 0.0766. The Morgan fingerprint density at radius 3 is 2.48 bits per heavy atom. The second kappa shape index (κ2) is 8.22. The van der Waals surface area contributed by atoms with Crippen LogP contribution in [0.1, 0.15) is 30.9 Å². The molecule has 6 heteroatoms. The topological polar surface area (TPSA) is 87.5 Å². The lowest BCUT2D eigenvalue weighted by Crippen LogP contribution is -2.48. The molecule has 2 aromatic carbocycles. The van der Waals surface area contributed by atoms with Gasteiger partial charge in [0.25, 0.3) is 0 Å². The molecule has 1 fully saturated rings. The first kappa shape index (κ1) is 18.9. The van der Waals surface area contributed by atoms with Crippen molar-refractivity contribution in [3.05, 3.63) is 65.7 Å². The lowest BCUT2D eigenvalue weighted by Gasteiger charge is -2.24. The van der Waals surface area contributed by atoms with Crippen LogP contribution >= 0.6 is 0 Å². The molecule has 6 nitrogen and oxygen atoms in total. The number of urea groups is 1. The third-order valence-corrected chi connectivity index (χ3v) is 4.87. The Kier molecular flexibility index (Phi) is 5.76. The summed E-state index contributed by atoms with van der Waals surface area (Å²) < 4.78 is 0. The molecule has 2 aromatic rings. The van der Waals surface area contributed by atoms with Crippen LogP contribution in [0.15, 0.2) is 54.6 Å². The van der Waals surface area contributed by atoms with Gasteiger partial charge in [-0.15, -0.1) is 0 Å². The molecular formula is C21H26N4O2. The zero-order chi connectivity index (χ0) is 19.3. The van der Waals surface area contributed by atoms with E-state index in [-0.39, 0.29) is 11.9 Å². The summed E-state index contributed by atoms with van der Waals surface area (Å²) >= 11 is 0. The van der Waals surface area contributed by atoms with Crippen molar-refractivity contribution in [3.8, 4) is 0 Å². The minimum Gasteiger partial charge on any atom is -0.350 e. The summed E-state index contributed by atoms with van der Waals surface area (Å²) in [4.78, 5) is 26.6. The normalized spacial score (nSPS) is 15.9. The number of nitrogens with zero attached hydrogens (tertiary/aromatic N) is 1. The van der Waals surface area contributed by atoms with Crippen molar-refractivity contribution >= 4 is 17.6 Å². The SMILES string of the molecule is CC(N)(C(=O)NCc1cccc(NC(=O)N2CCCC2)c1)c1ccccc1. The fraction of sp³-hybridized carbons (Fsp3) is 0.333. The molecule has 1 unspecified atom stereocenters. The number of hydrogen-bond donors (Lipinski definition) is 3. The first-order chi connectivity index (χ1) is 13.0. The monoisotopic (exact) mass is 366 g/mol. The van der Waals surface area contributed by atoms with E-state index in [9.17, 15) is 9.59 Å². The zero-order valence-electron chi connectivity index (χ0n) is 15.6. The number of nitrogens with one attached hydrogen (secondary N) is 2. The highest BCUT2D eigenvalue weighted by molar-refractivity contribution is 5.89. The molecule has 27 heavy (non-hydrogen) atoms. The second-order valence-electron chi connectivity index (χ2n) is 7.08. The zero-order valence-corrected chi connectivity index (χ0v) is 15.6. The van der Waals surface area contributed by atoms with E-state index in [0.29, 0.717) is 6.54 Å². The summed E-state index contributed by atoms with van der Waals surface area (Å²) in [5, 5.41) is 5.80. The minimum atomic E-state index is -1.11. The Balaban J connectivity index is 1.59. The highest BCUT2D eigenvalue weighted by atomic mass is 16.2. The Labute approximate surface area is 159 Å². The number of anilines is 1. The van der Waals surface area contributed by atoms with Crippen molar-refractivity contribution in [2.75, 3.05) is 18.4 Å². The Morgan fingerprint density at radius 1 is 1.07 bits per heavy atom. The number of carbonyl (C=O) groups excluding carboxylic acids is 2. The Hall–Kier alpha value is -2.86. The number of benzene rings is 2. The third kappa shape index (κ3) is 4.65. The number of likely N-dealkylation sites (tertiary alicyclic amines) is 1. The van der Waals surface area contributed by atoms with Crippen LogP contribution in [0.25, 0.3) is 0 Å². The summed E-state index contributed by atoms with van der Waals surface area (Å²) in [7, 11) is 0. The molecule has 0 bridgehead atoms. The average molecular weight is 366 g/mol. The van der Waals surface area contributed by atoms with Crippen LogP contribution in [0.3, 0.4) is 0 Å². The number of carbonyl (C=O) groups is 2. The molecule has 4 N–H and O–H groups in total. The van der Waals surface area contributed by atoms with Gasteiger partial charge in [-0.1, -0.05) is 42.5 Å². The molecule has 1 saturated heterocycles. The molecule has 0 radical (unpaired) electrons. The van der Waals surface area contributed by atoms with E-state index >= 15 is 0 Å². The van der Waals surface area contributed by atoms with E-state index in [4.69, 9.17) is 5.73 Å². The highest BCUT2D eigenvalue weighted by Gasteiger charge is 2.30. The molecule has 0 saturated carbocycles. The predicted octanol–water partition coefficient (Wildman–Crippen LogP) is 2.80. The summed E-state index contributed by atoms with van der Waals surface area (Å²) in [5.74, 6) is -0.250. The van der Waals surface area contributed by atoms with Gasteiger partial charge in [0, 0.05) is 25.3 Å². The summed E-state index contributed by atoms with van der Waals surface area (Å²) in [6.45, 7) is 3.64. The largest absolute Gasteiger partial charge is 0.350 e. The molecule has 1 aliphatic heterocycles. The van der Waals surface area contributed by atoms with Crippen LogP contribution in [0.4, 0.5) is 10.5 Å². The maximum Gasteiger partial charge on any atom is 0.321 e. The molecule has 3 amide bonds. The van der Waals surface area contributed by atoms with Gasteiger partial charge in [0.1, 0.15) is 5.54 Å². The Bertz CT molecular complexity index is 799. The second-order valence-corrected chi connectivity index (χ2v) is 7.08. The number of amides is 3. The predicted molar refractivity (Wildman–Crippen MR) is 106 cm³/mol. The van der Waals surface area contributed by atoms with Gasteiger partial charge in [-0.3, -0.25) is 4.79 Å². The summed E-state index contributed by atoms with van der Waals surface area (Å²) in [6, 6.07) is 16.7. The maximum absolute atomic E-state index is 12.6. The molecule has 0 aromatic heterocycles. The molecule has 0 spiro atoms. The Morgan fingerprint density at radius 2 is 1.78 bits per heavy atom. The van der Waals surface area contributed by atoms with Crippen LogP contribution in [-0.2, 0) is 16.9 Å². The molecular weight excluding hydrogens is 340 g/mol. The van der Waals surface area contributed by atoms with Gasteiger partial charge in [0.2, 0.25) is 5.91 Å². The van der Waals surface area contributed by atoms with E-state index in [0.717, 1.165) is 42.7 Å². The van der Waals surface area contributed by atoms with Crippen LogP contribution < -0.4 is 16.4 Å². The summed E-state index contributed by atoms with van der Waals surface area (Å²) in [5.41, 5.74) is 7.50. The lowest BCUT2D eigenvalue weighted by atomic mass is 9.92. The van der Waals surface area contributed by atoms with Crippen molar-refractivity contribution < 1.29 is 9.59 Å². The molecule has 1 aliphatic rings. The van der Waals surface area contributed by atoms with Crippen LogP contribution in [0.2, 0.25) is 0 Å². The van der Waals surface area contributed by atoms with Crippen molar-refractivity contribution in [2.45, 2.75) is 31.8 Å². The molecule has 1 heterocycles. The van der Waals surface area contributed by atoms with Crippen LogP contribution in [0, 0.1) is 0 Å². The first-order valence-electron chi connectivity index (χ1n) is 9.24. The lowest BCUT2D eigenvalue weighted by molar-refractivity contribution is -0.126. The smallest absolute Gasteiger partial charge is 0.321 e. The van der Waals surface area contributed by atoms with Gasteiger partial charge < -0.3 is 21.3 Å². The average Bonchev–Trinajstić information content (AvgIpc) is 3.22. The molecule has 1 atom stereocenters. The molecule has 3 rings (SSSR count). The van der Waals surface area contributed by atoms with E-state index < -0.39 is 5.54 Å². The van der Waals surface area contributed by atoms with Gasteiger partial charge >= 0.3 is 6.03 Å². The standard InChI is InChI=1S/C21H26N4O2/c1-21(22,17-9-3-2-4-10-17)19(26)23-15-16-8-7-11-18(14-16)24-20(27)25-12-5-6-13-25/h2-4,7-11,14H,5-6,12-13,15,22H2,1H3,(H,23,26)(H,24,27). The highest BCUT2D eigenvalue weighted by Crippen LogP contribution is 2.18. The van der Waals surface area contributed by atoms with E-state index in [1.807, 2.05) is 59.5 Å². The number of rotatable bonds is 5. The van der Waals surface area contributed by atoms with Gasteiger partial charge in [0.15, 0.2) is 0 Å². The van der Waals surface area contributed by atoms with E-state index in [1.165, 1.54) is 0 Å². The van der Waals surface area contributed by atoms with Gasteiger partial charge in [-0.25, -0.2) is 4.79 Å². The van der Waals surface area contributed by atoms with Crippen molar-refractivity contribution in [2.24, 2.45) is 5.73 Å². The maximum atomic E-state index is 12.6. The quantitative estimate of drug-likeness (QED) is 0.760. The number of nitrogens with two attached hydrogens (primary N) is 1. The van der Waals surface area contributed by atoms with Crippen molar-refractivity contribution in [3.63, 3.8) is 0 Å². The van der Waals surface area contributed by atoms with Gasteiger partial charge in [-0.05, 0) is 43.0 Å². The first-order valence-corrected chi connectivity index (χ1v) is 9.24. The molecule has 142 valence electrons.